The van der Waals surface area contributed by atoms with Crippen LogP contribution in [0.5, 0.6) is 0 Å². The maximum atomic E-state index is 11.5. The lowest BCUT2D eigenvalue weighted by Crippen LogP contribution is -2.12. The summed E-state index contributed by atoms with van der Waals surface area (Å²) in [4.78, 5) is 11.5. The fourth-order valence-corrected chi connectivity index (χ4v) is 2.81. The van der Waals surface area contributed by atoms with Gasteiger partial charge in [-0.15, -0.1) is 11.6 Å². The number of unbranched alkanes of at least 4 members (excludes halogenated alkanes) is 12. The van der Waals surface area contributed by atoms with Gasteiger partial charge in [0.2, 0.25) is 0 Å². The molecule has 1 unspecified atom stereocenters. The van der Waals surface area contributed by atoms with Crippen molar-refractivity contribution in [2.45, 2.75) is 116 Å². The van der Waals surface area contributed by atoms with E-state index in [1.165, 1.54) is 77.0 Å². The van der Waals surface area contributed by atoms with E-state index in [-0.39, 0.29) is 11.2 Å². The highest BCUT2D eigenvalue weighted by atomic mass is 35.5. The molecular weight excluding hydrogens is 280 g/mol. The topological polar surface area (TPSA) is 17.1 Å². The first kappa shape index (κ1) is 21.0. The number of rotatable bonds is 16. The molecule has 0 N–H and O–H groups in total. The summed E-state index contributed by atoms with van der Waals surface area (Å²) in [7, 11) is 0. The van der Waals surface area contributed by atoms with Crippen molar-refractivity contribution in [1.82, 2.24) is 0 Å². The Morgan fingerprint density at radius 2 is 1.10 bits per heavy atom. The van der Waals surface area contributed by atoms with Gasteiger partial charge in [-0.05, 0) is 12.8 Å². The Morgan fingerprint density at radius 3 is 1.48 bits per heavy atom. The summed E-state index contributed by atoms with van der Waals surface area (Å²) in [6, 6.07) is 0. The zero-order valence-electron chi connectivity index (χ0n) is 14.5. The summed E-state index contributed by atoms with van der Waals surface area (Å²) in [5, 5.41) is -0.248. The van der Waals surface area contributed by atoms with Crippen LogP contribution in [0.2, 0.25) is 0 Å². The molecule has 0 saturated heterocycles. The van der Waals surface area contributed by atoms with E-state index in [0.717, 1.165) is 12.8 Å². The van der Waals surface area contributed by atoms with Gasteiger partial charge in [0, 0.05) is 6.42 Å². The highest BCUT2D eigenvalue weighted by molar-refractivity contribution is 6.31. The van der Waals surface area contributed by atoms with Crippen molar-refractivity contribution in [3.05, 3.63) is 0 Å². The Balaban J connectivity index is 3.11. The number of Topliss-reactive ketones (excluding diaryl/α,β-unsaturated/α-hetero) is 1. The SMILES string of the molecule is CCCCCCCCCCCCCCCC(=O)C(Cl)CC. The lowest BCUT2D eigenvalue weighted by molar-refractivity contribution is -0.118. The molecule has 0 aliphatic rings. The van der Waals surface area contributed by atoms with Gasteiger partial charge in [0.15, 0.2) is 5.78 Å². The molecule has 0 aromatic carbocycles. The molecule has 1 nitrogen and oxygen atoms in total. The molecule has 0 aromatic heterocycles. The van der Waals surface area contributed by atoms with Crippen molar-refractivity contribution < 1.29 is 4.79 Å². The van der Waals surface area contributed by atoms with E-state index in [4.69, 9.17) is 11.6 Å². The summed E-state index contributed by atoms with van der Waals surface area (Å²) < 4.78 is 0. The van der Waals surface area contributed by atoms with Crippen molar-refractivity contribution in [3.63, 3.8) is 0 Å². The first-order valence-corrected chi connectivity index (χ1v) is 9.82. The summed E-state index contributed by atoms with van der Waals surface area (Å²) in [5.41, 5.74) is 0. The second-order valence-electron chi connectivity index (χ2n) is 6.33. The summed E-state index contributed by atoms with van der Waals surface area (Å²) in [5.74, 6) is 0.238. The van der Waals surface area contributed by atoms with Gasteiger partial charge in [-0.1, -0.05) is 90.9 Å². The fourth-order valence-electron chi connectivity index (χ4n) is 2.70. The van der Waals surface area contributed by atoms with E-state index in [1.807, 2.05) is 6.92 Å². The van der Waals surface area contributed by atoms with E-state index < -0.39 is 0 Å². The molecule has 126 valence electrons. The Hall–Kier alpha value is -0.0400. The van der Waals surface area contributed by atoms with Crippen LogP contribution in [0, 0.1) is 0 Å². The van der Waals surface area contributed by atoms with Crippen LogP contribution < -0.4 is 0 Å². The van der Waals surface area contributed by atoms with Gasteiger partial charge in [-0.2, -0.15) is 0 Å². The molecule has 0 rings (SSSR count). The maximum Gasteiger partial charge on any atom is 0.150 e. The first-order chi connectivity index (χ1) is 10.2. The molecule has 0 fully saturated rings. The van der Waals surface area contributed by atoms with E-state index in [1.54, 1.807) is 0 Å². The molecule has 0 bridgehead atoms. The van der Waals surface area contributed by atoms with Gasteiger partial charge < -0.3 is 0 Å². The maximum absolute atomic E-state index is 11.5. The third-order valence-corrected chi connectivity index (χ3v) is 4.79. The van der Waals surface area contributed by atoms with Gasteiger partial charge >= 0.3 is 0 Å². The highest BCUT2D eigenvalue weighted by Gasteiger charge is 2.11. The summed E-state index contributed by atoms with van der Waals surface area (Å²) in [6.45, 7) is 4.24. The zero-order chi connectivity index (χ0) is 15.8. The third-order valence-electron chi connectivity index (χ3n) is 4.23. The van der Waals surface area contributed by atoms with Gasteiger partial charge in [-0.25, -0.2) is 0 Å². The average Bonchev–Trinajstić information content (AvgIpc) is 2.50. The van der Waals surface area contributed by atoms with Crippen LogP contribution in [0.15, 0.2) is 0 Å². The number of carbonyl (C=O) groups is 1. The Kier molecular flexibility index (Phi) is 16.3. The van der Waals surface area contributed by atoms with Crippen LogP contribution in [-0.2, 0) is 4.79 Å². The quantitative estimate of drug-likeness (QED) is 0.220. The number of hydrogen-bond acceptors (Lipinski definition) is 1. The van der Waals surface area contributed by atoms with Gasteiger partial charge in [0.1, 0.15) is 0 Å². The Morgan fingerprint density at radius 1 is 0.714 bits per heavy atom. The van der Waals surface area contributed by atoms with Crippen molar-refractivity contribution in [2.24, 2.45) is 0 Å². The minimum Gasteiger partial charge on any atom is -0.298 e. The van der Waals surface area contributed by atoms with Crippen LogP contribution in [0.1, 0.15) is 110 Å². The smallest absolute Gasteiger partial charge is 0.150 e. The van der Waals surface area contributed by atoms with Gasteiger partial charge in [0.05, 0.1) is 5.38 Å². The molecule has 2 heteroatoms. The van der Waals surface area contributed by atoms with E-state index in [0.29, 0.717) is 6.42 Å². The van der Waals surface area contributed by atoms with Crippen molar-refractivity contribution >= 4 is 17.4 Å². The Bertz CT molecular complexity index is 228. The lowest BCUT2D eigenvalue weighted by atomic mass is 10.0. The molecule has 0 aromatic rings. The molecule has 0 heterocycles. The zero-order valence-corrected chi connectivity index (χ0v) is 15.2. The minimum atomic E-state index is -0.248. The van der Waals surface area contributed by atoms with Crippen molar-refractivity contribution in [3.8, 4) is 0 Å². The predicted molar refractivity (Wildman–Crippen MR) is 95.3 cm³/mol. The monoisotopic (exact) mass is 316 g/mol. The molecule has 0 aliphatic carbocycles. The molecular formula is C19H37ClO. The van der Waals surface area contributed by atoms with Crippen molar-refractivity contribution in [1.29, 1.82) is 0 Å². The van der Waals surface area contributed by atoms with Gasteiger partial charge in [-0.3, -0.25) is 4.79 Å². The fraction of sp³-hybridized carbons (Fsp3) is 0.947. The normalized spacial score (nSPS) is 12.5. The van der Waals surface area contributed by atoms with Crippen LogP contribution in [-0.4, -0.2) is 11.2 Å². The average molecular weight is 317 g/mol. The Labute approximate surface area is 138 Å². The molecule has 0 amide bonds. The summed E-state index contributed by atoms with van der Waals surface area (Å²) >= 11 is 5.92. The number of carbonyl (C=O) groups excluding carboxylic acids is 1. The molecule has 0 spiro atoms. The van der Waals surface area contributed by atoms with Crippen LogP contribution in [0.3, 0.4) is 0 Å². The van der Waals surface area contributed by atoms with E-state index in [2.05, 4.69) is 6.92 Å². The highest BCUT2D eigenvalue weighted by Crippen LogP contribution is 2.14. The number of halogens is 1. The second-order valence-corrected chi connectivity index (χ2v) is 6.86. The van der Waals surface area contributed by atoms with Crippen molar-refractivity contribution in [2.75, 3.05) is 0 Å². The standard InChI is InChI=1S/C19H37ClO/c1-3-5-6-7-8-9-10-11-12-13-14-15-16-17-19(21)18(20)4-2/h18H,3-17H2,1-2H3. The predicted octanol–water partition coefficient (Wildman–Crippen LogP) is 7.05. The number of hydrogen-bond donors (Lipinski definition) is 0. The first-order valence-electron chi connectivity index (χ1n) is 9.39. The second kappa shape index (κ2) is 16.3. The van der Waals surface area contributed by atoms with Gasteiger partial charge in [0.25, 0.3) is 0 Å². The third kappa shape index (κ3) is 14.7. The molecule has 0 radical (unpaired) electrons. The largest absolute Gasteiger partial charge is 0.298 e. The number of alkyl halides is 1. The molecule has 0 aliphatic heterocycles. The van der Waals surface area contributed by atoms with Crippen LogP contribution in [0.4, 0.5) is 0 Å². The minimum absolute atomic E-state index is 0.238. The number of ketones is 1. The summed E-state index contributed by atoms with van der Waals surface area (Å²) in [6.07, 6.45) is 18.9. The lowest BCUT2D eigenvalue weighted by Gasteiger charge is -2.05. The van der Waals surface area contributed by atoms with E-state index in [9.17, 15) is 4.79 Å². The van der Waals surface area contributed by atoms with E-state index >= 15 is 0 Å². The van der Waals surface area contributed by atoms with Crippen LogP contribution in [0.25, 0.3) is 0 Å². The molecule has 1 atom stereocenters. The van der Waals surface area contributed by atoms with Crippen LogP contribution >= 0.6 is 11.6 Å². The molecule has 21 heavy (non-hydrogen) atoms. The molecule has 0 saturated carbocycles.